The molecule has 3 N–H and O–H groups in total. The SMILES string of the molecule is O=C(O)COc1ccc(C(=O)Nc2cc(Cl)ccc2Sc2ccccc2-c2nnn[nH]2)cc1. The Balaban J connectivity index is 1.55. The zero-order valence-corrected chi connectivity index (χ0v) is 18.4. The first-order valence-electron chi connectivity index (χ1n) is 9.56. The van der Waals surface area contributed by atoms with Gasteiger partial charge >= 0.3 is 5.97 Å². The molecule has 1 amide bonds. The molecule has 0 bridgehead atoms. The Kier molecular flexibility index (Phi) is 6.86. The number of H-pyrrole nitrogens is 1. The lowest BCUT2D eigenvalue weighted by Gasteiger charge is -2.13. The summed E-state index contributed by atoms with van der Waals surface area (Å²) in [5.74, 6) is -0.546. The van der Waals surface area contributed by atoms with Gasteiger partial charge in [-0.1, -0.05) is 35.5 Å². The molecule has 0 aliphatic carbocycles. The van der Waals surface area contributed by atoms with E-state index in [-0.39, 0.29) is 5.91 Å². The molecule has 1 aromatic heterocycles. The minimum Gasteiger partial charge on any atom is -0.482 e. The number of carbonyl (C=O) groups excluding carboxylic acids is 1. The van der Waals surface area contributed by atoms with E-state index >= 15 is 0 Å². The number of anilines is 1. The number of hydrogen-bond acceptors (Lipinski definition) is 7. The molecule has 166 valence electrons. The maximum Gasteiger partial charge on any atom is 0.341 e. The highest BCUT2D eigenvalue weighted by Crippen LogP contribution is 2.39. The number of rotatable bonds is 8. The number of nitrogens with zero attached hydrogens (tertiary/aromatic N) is 3. The summed E-state index contributed by atoms with van der Waals surface area (Å²) >= 11 is 7.62. The van der Waals surface area contributed by atoms with Gasteiger partial charge in [-0.05, 0) is 65.0 Å². The van der Waals surface area contributed by atoms with Crippen LogP contribution in [0.2, 0.25) is 5.02 Å². The van der Waals surface area contributed by atoms with Gasteiger partial charge in [0.05, 0.1) is 5.69 Å². The summed E-state index contributed by atoms with van der Waals surface area (Å²) in [6, 6.07) is 19.0. The number of benzene rings is 3. The van der Waals surface area contributed by atoms with Gasteiger partial charge < -0.3 is 15.2 Å². The molecule has 0 saturated carbocycles. The summed E-state index contributed by atoms with van der Waals surface area (Å²) < 4.78 is 5.09. The van der Waals surface area contributed by atoms with Crippen LogP contribution in [0.15, 0.2) is 76.5 Å². The van der Waals surface area contributed by atoms with Gasteiger partial charge in [0, 0.05) is 25.9 Å². The van der Waals surface area contributed by atoms with Gasteiger partial charge in [0.25, 0.3) is 5.91 Å². The summed E-state index contributed by atoms with van der Waals surface area (Å²) in [5, 5.41) is 26.1. The maximum atomic E-state index is 12.8. The standard InChI is InChI=1S/C22H16ClN5O4S/c23-14-7-10-19(33-18-4-2-1-3-16(18)21-25-27-28-26-21)17(11-14)24-22(31)13-5-8-15(9-6-13)32-12-20(29)30/h1-11H,12H2,(H,24,31)(H,29,30)(H,25,26,27,28). The highest BCUT2D eigenvalue weighted by Gasteiger charge is 2.15. The van der Waals surface area contributed by atoms with E-state index in [1.807, 2.05) is 30.3 Å². The molecular formula is C22H16ClN5O4S. The third-order valence-electron chi connectivity index (χ3n) is 4.38. The third kappa shape index (κ3) is 5.68. The minimum atomic E-state index is -1.08. The Morgan fingerprint density at radius 1 is 1.06 bits per heavy atom. The maximum absolute atomic E-state index is 12.8. The smallest absolute Gasteiger partial charge is 0.341 e. The number of nitrogens with one attached hydrogen (secondary N) is 2. The predicted molar refractivity (Wildman–Crippen MR) is 123 cm³/mol. The zero-order valence-electron chi connectivity index (χ0n) is 16.9. The molecule has 11 heteroatoms. The minimum absolute atomic E-state index is 0.350. The van der Waals surface area contributed by atoms with Crippen LogP contribution >= 0.6 is 23.4 Å². The normalized spacial score (nSPS) is 10.6. The summed E-state index contributed by atoms with van der Waals surface area (Å²) in [7, 11) is 0. The Labute approximate surface area is 197 Å². The number of carboxylic acid groups (broad SMARTS) is 1. The van der Waals surface area contributed by atoms with Crippen LogP contribution in [0.3, 0.4) is 0 Å². The zero-order chi connectivity index (χ0) is 23.2. The molecule has 0 unspecified atom stereocenters. The summed E-state index contributed by atoms with van der Waals surface area (Å²) in [6.45, 7) is -0.458. The lowest BCUT2D eigenvalue weighted by molar-refractivity contribution is -0.139. The van der Waals surface area contributed by atoms with Crippen LogP contribution in [-0.2, 0) is 4.79 Å². The molecule has 0 saturated heterocycles. The van der Waals surface area contributed by atoms with Crippen molar-refractivity contribution >= 4 is 40.9 Å². The van der Waals surface area contributed by atoms with Crippen LogP contribution in [0.25, 0.3) is 11.4 Å². The van der Waals surface area contributed by atoms with Crippen molar-refractivity contribution in [3.05, 3.63) is 77.3 Å². The lowest BCUT2D eigenvalue weighted by Crippen LogP contribution is -2.13. The second-order valence-electron chi connectivity index (χ2n) is 6.65. The molecule has 1 heterocycles. The van der Waals surface area contributed by atoms with Crippen LogP contribution in [-0.4, -0.2) is 44.2 Å². The quantitative estimate of drug-likeness (QED) is 0.338. The number of tetrazole rings is 1. The molecule has 3 aromatic carbocycles. The highest BCUT2D eigenvalue weighted by molar-refractivity contribution is 7.99. The van der Waals surface area contributed by atoms with Gasteiger partial charge in [0.1, 0.15) is 5.75 Å². The summed E-state index contributed by atoms with van der Waals surface area (Å²) in [4.78, 5) is 25.1. The Morgan fingerprint density at radius 2 is 1.85 bits per heavy atom. The average Bonchev–Trinajstić information content (AvgIpc) is 3.35. The van der Waals surface area contributed by atoms with Crippen LogP contribution in [0.4, 0.5) is 5.69 Å². The number of aromatic nitrogens is 4. The van der Waals surface area contributed by atoms with Gasteiger partial charge in [0.2, 0.25) is 0 Å². The fourth-order valence-corrected chi connectivity index (χ4v) is 4.06. The molecular weight excluding hydrogens is 466 g/mol. The van der Waals surface area contributed by atoms with Crippen molar-refractivity contribution in [3.63, 3.8) is 0 Å². The van der Waals surface area contributed by atoms with E-state index in [2.05, 4.69) is 25.9 Å². The average molecular weight is 482 g/mol. The lowest BCUT2D eigenvalue weighted by atomic mass is 10.2. The largest absolute Gasteiger partial charge is 0.482 e. The third-order valence-corrected chi connectivity index (χ3v) is 5.76. The van der Waals surface area contributed by atoms with E-state index in [0.717, 1.165) is 15.4 Å². The van der Waals surface area contributed by atoms with Crippen molar-refractivity contribution < 1.29 is 19.4 Å². The topological polar surface area (TPSA) is 130 Å². The number of amides is 1. The molecule has 0 radical (unpaired) electrons. The van der Waals surface area contributed by atoms with Crippen LogP contribution in [0.5, 0.6) is 5.75 Å². The van der Waals surface area contributed by atoms with Crippen molar-refractivity contribution in [1.29, 1.82) is 0 Å². The van der Waals surface area contributed by atoms with Crippen molar-refractivity contribution in [2.24, 2.45) is 0 Å². The van der Waals surface area contributed by atoms with Gasteiger partial charge in [-0.2, -0.15) is 0 Å². The number of ether oxygens (including phenoxy) is 1. The van der Waals surface area contributed by atoms with E-state index < -0.39 is 12.6 Å². The number of halogens is 1. The van der Waals surface area contributed by atoms with Gasteiger partial charge in [-0.15, -0.1) is 5.10 Å². The fraction of sp³-hybridized carbons (Fsp3) is 0.0455. The monoisotopic (exact) mass is 481 g/mol. The molecule has 4 rings (SSSR count). The first-order valence-corrected chi connectivity index (χ1v) is 10.8. The Morgan fingerprint density at radius 3 is 2.58 bits per heavy atom. The number of aromatic amines is 1. The second-order valence-corrected chi connectivity index (χ2v) is 8.17. The molecule has 0 aliphatic heterocycles. The molecule has 0 atom stereocenters. The number of carboxylic acids is 1. The number of aliphatic carboxylic acids is 1. The van der Waals surface area contributed by atoms with Crippen LogP contribution < -0.4 is 10.1 Å². The van der Waals surface area contributed by atoms with E-state index in [1.54, 1.807) is 24.3 Å². The van der Waals surface area contributed by atoms with Gasteiger partial charge in [-0.25, -0.2) is 9.89 Å². The number of carbonyl (C=O) groups is 2. The fourth-order valence-electron chi connectivity index (χ4n) is 2.87. The molecule has 9 nitrogen and oxygen atoms in total. The molecule has 33 heavy (non-hydrogen) atoms. The van der Waals surface area contributed by atoms with Crippen molar-refractivity contribution in [2.75, 3.05) is 11.9 Å². The summed E-state index contributed by atoms with van der Waals surface area (Å²) in [5.41, 5.74) is 1.73. The van der Waals surface area contributed by atoms with E-state index in [4.69, 9.17) is 21.4 Å². The molecule has 0 aliphatic rings. The van der Waals surface area contributed by atoms with Crippen molar-refractivity contribution in [3.8, 4) is 17.1 Å². The van der Waals surface area contributed by atoms with E-state index in [9.17, 15) is 9.59 Å². The van der Waals surface area contributed by atoms with E-state index in [1.165, 1.54) is 23.9 Å². The Bertz CT molecular complexity index is 1280. The Hall–Kier alpha value is -3.89. The van der Waals surface area contributed by atoms with Crippen molar-refractivity contribution in [2.45, 2.75) is 9.79 Å². The second kappa shape index (κ2) is 10.2. The van der Waals surface area contributed by atoms with Gasteiger partial charge in [-0.3, -0.25) is 4.79 Å². The summed E-state index contributed by atoms with van der Waals surface area (Å²) in [6.07, 6.45) is 0. The number of hydrogen-bond donors (Lipinski definition) is 3. The van der Waals surface area contributed by atoms with Crippen LogP contribution in [0, 0.1) is 0 Å². The van der Waals surface area contributed by atoms with Crippen LogP contribution in [0.1, 0.15) is 10.4 Å². The molecule has 4 aromatic rings. The van der Waals surface area contributed by atoms with Crippen molar-refractivity contribution in [1.82, 2.24) is 20.6 Å². The van der Waals surface area contributed by atoms with Gasteiger partial charge in [0.15, 0.2) is 12.4 Å². The molecule has 0 fully saturated rings. The molecule has 0 spiro atoms. The highest BCUT2D eigenvalue weighted by atomic mass is 35.5. The first-order chi connectivity index (χ1) is 16.0. The van der Waals surface area contributed by atoms with E-state index in [0.29, 0.717) is 27.8 Å². The predicted octanol–water partition coefficient (Wildman–Crippen LogP) is 4.39. The first kappa shape index (κ1) is 22.3.